The molecule has 0 saturated carbocycles. The molecule has 236 valence electrons. The number of hydrogen-bond acceptors (Lipinski definition) is 5. The zero-order valence-corrected chi connectivity index (χ0v) is 26.9. The Hall–Kier alpha value is -6.72. The van der Waals surface area contributed by atoms with Gasteiger partial charge in [0, 0.05) is 38.2 Å². The zero-order valence-electron chi connectivity index (χ0n) is 26.9. The van der Waals surface area contributed by atoms with Crippen molar-refractivity contribution in [1.82, 2.24) is 5.32 Å². The van der Waals surface area contributed by atoms with Gasteiger partial charge in [-0.15, -0.1) is 0 Å². The molecule has 0 radical (unpaired) electrons. The molecule has 1 N–H and O–H groups in total. The topological polar surface area (TPSA) is 63.0 Å². The molecule has 0 bridgehead atoms. The Morgan fingerprint density at radius 3 is 1.90 bits per heavy atom. The Kier molecular flexibility index (Phi) is 6.49. The fourth-order valence-electron chi connectivity index (χ4n) is 7.12. The second-order valence-corrected chi connectivity index (χ2v) is 12.6. The summed E-state index contributed by atoms with van der Waals surface area (Å²) in [4.78, 5) is 10.5. The van der Waals surface area contributed by atoms with Crippen LogP contribution < -0.4 is 5.32 Å². The monoisotopic (exact) mass is 643 g/mol. The average Bonchev–Trinajstić information content (AvgIpc) is 3.76. The zero-order chi connectivity index (χ0) is 33.0. The fourth-order valence-corrected chi connectivity index (χ4v) is 7.12. The van der Waals surface area contributed by atoms with Crippen LogP contribution in [0.5, 0.6) is 0 Å². The molecule has 1 unspecified atom stereocenters. The van der Waals surface area contributed by atoms with Crippen LogP contribution in [0.3, 0.4) is 0 Å². The minimum Gasteiger partial charge on any atom is -0.456 e. The number of furan rings is 2. The number of para-hydroxylation sites is 1. The third kappa shape index (κ3) is 4.79. The maximum Gasteiger partial charge on any atom is 0.159 e. The van der Waals surface area contributed by atoms with Crippen LogP contribution in [0.2, 0.25) is 0 Å². The van der Waals surface area contributed by atoms with E-state index in [0.29, 0.717) is 5.84 Å². The van der Waals surface area contributed by atoms with E-state index >= 15 is 0 Å². The molecule has 9 aromatic rings. The highest BCUT2D eigenvalue weighted by Gasteiger charge is 2.25. The second kappa shape index (κ2) is 11.5. The molecule has 10 rings (SSSR count). The van der Waals surface area contributed by atoms with Crippen molar-refractivity contribution in [2.75, 3.05) is 0 Å². The maximum absolute atomic E-state index is 6.50. The van der Waals surface area contributed by atoms with Crippen LogP contribution in [-0.2, 0) is 0 Å². The van der Waals surface area contributed by atoms with E-state index in [0.717, 1.165) is 88.7 Å². The highest BCUT2D eigenvalue weighted by Crippen LogP contribution is 2.38. The summed E-state index contributed by atoms with van der Waals surface area (Å²) in [5.74, 6) is 1.41. The number of nitrogens with one attached hydrogen (secondary N) is 1. The van der Waals surface area contributed by atoms with Gasteiger partial charge in [-0.05, 0) is 70.8 Å². The molecule has 1 aliphatic rings. The molecule has 5 heteroatoms. The Morgan fingerprint density at radius 1 is 0.420 bits per heavy atom. The van der Waals surface area contributed by atoms with Gasteiger partial charge in [0.1, 0.15) is 34.3 Å². The van der Waals surface area contributed by atoms with Crippen molar-refractivity contribution in [3.63, 3.8) is 0 Å². The van der Waals surface area contributed by atoms with E-state index in [4.69, 9.17) is 18.8 Å². The van der Waals surface area contributed by atoms with Gasteiger partial charge in [-0.1, -0.05) is 115 Å². The summed E-state index contributed by atoms with van der Waals surface area (Å²) in [7, 11) is 0. The first-order valence-corrected chi connectivity index (χ1v) is 16.8. The summed E-state index contributed by atoms with van der Waals surface area (Å²) in [5, 5.41) is 7.93. The largest absolute Gasteiger partial charge is 0.456 e. The summed E-state index contributed by atoms with van der Waals surface area (Å²) in [5.41, 5.74) is 10.8. The predicted octanol–water partition coefficient (Wildman–Crippen LogP) is 11.3. The molecule has 7 aromatic carbocycles. The SMILES string of the molecule is c1ccc(-c2cccc(C3=NC(c4cccc5oc6cc(-c7ccccc7)ccc6c45)NC(c4ccc5oc6ccccc6c5c4)=N3)c2)cc1. The summed E-state index contributed by atoms with van der Waals surface area (Å²) in [6.07, 6.45) is -0.423. The number of fused-ring (bicyclic) bond motifs is 6. The van der Waals surface area contributed by atoms with Crippen LogP contribution in [0.25, 0.3) is 66.1 Å². The first-order valence-electron chi connectivity index (χ1n) is 16.8. The molecule has 1 aliphatic heterocycles. The quantitative estimate of drug-likeness (QED) is 0.203. The molecule has 5 nitrogen and oxygen atoms in total. The van der Waals surface area contributed by atoms with Crippen LogP contribution >= 0.6 is 0 Å². The number of hydrogen-bond donors (Lipinski definition) is 1. The average molecular weight is 644 g/mol. The summed E-state index contributed by atoms with van der Waals surface area (Å²) in [6, 6.07) is 56.3. The van der Waals surface area contributed by atoms with E-state index in [-0.39, 0.29) is 0 Å². The molecule has 0 fully saturated rings. The Labute approximate surface area is 287 Å². The molecule has 50 heavy (non-hydrogen) atoms. The van der Waals surface area contributed by atoms with Gasteiger partial charge < -0.3 is 14.2 Å². The van der Waals surface area contributed by atoms with Crippen LogP contribution in [0.15, 0.2) is 183 Å². The Morgan fingerprint density at radius 2 is 1.06 bits per heavy atom. The number of aliphatic imine (C=N–C) groups is 2. The third-order valence-electron chi connectivity index (χ3n) is 9.55. The van der Waals surface area contributed by atoms with Crippen molar-refractivity contribution in [2.45, 2.75) is 6.17 Å². The molecule has 1 atom stereocenters. The van der Waals surface area contributed by atoms with Crippen molar-refractivity contribution < 1.29 is 8.83 Å². The molecular formula is C45H29N3O2. The standard InChI is InChI=1S/C45H29N3O2/c1-3-11-28(12-4-1)30-15-9-16-32(25-30)43-46-44(33-22-24-39-37(26-33)34-17-7-8-19-38(34)49-39)48-45(47-43)36-18-10-20-40-42(36)35-23-21-31(27-41(35)50-40)29-13-5-2-6-14-29/h1-27,45H,(H,46,47,48). The first-order chi connectivity index (χ1) is 24.7. The lowest BCUT2D eigenvalue weighted by molar-refractivity contribution is 0.662. The van der Waals surface area contributed by atoms with E-state index in [1.807, 2.05) is 48.5 Å². The van der Waals surface area contributed by atoms with Crippen LogP contribution in [-0.4, -0.2) is 11.7 Å². The van der Waals surface area contributed by atoms with E-state index < -0.39 is 6.17 Å². The van der Waals surface area contributed by atoms with Gasteiger partial charge in [0.25, 0.3) is 0 Å². The molecule has 2 aromatic heterocycles. The Bertz CT molecular complexity index is 2790. The predicted molar refractivity (Wildman–Crippen MR) is 204 cm³/mol. The van der Waals surface area contributed by atoms with Gasteiger partial charge in [-0.3, -0.25) is 0 Å². The van der Waals surface area contributed by atoms with E-state index in [2.05, 4.69) is 121 Å². The van der Waals surface area contributed by atoms with Gasteiger partial charge in [-0.2, -0.15) is 0 Å². The normalized spacial score (nSPS) is 14.6. The first kappa shape index (κ1) is 28.3. The molecule has 0 saturated heterocycles. The van der Waals surface area contributed by atoms with Crippen LogP contribution in [0.4, 0.5) is 0 Å². The van der Waals surface area contributed by atoms with Crippen molar-refractivity contribution in [1.29, 1.82) is 0 Å². The summed E-state index contributed by atoms with van der Waals surface area (Å²) < 4.78 is 12.7. The second-order valence-electron chi connectivity index (χ2n) is 12.6. The van der Waals surface area contributed by atoms with Crippen molar-refractivity contribution in [3.8, 4) is 22.3 Å². The number of nitrogens with zero attached hydrogens (tertiary/aromatic N) is 2. The number of rotatable bonds is 5. The smallest absolute Gasteiger partial charge is 0.159 e. The Balaban J connectivity index is 1.13. The van der Waals surface area contributed by atoms with Gasteiger partial charge in [-0.25, -0.2) is 9.98 Å². The van der Waals surface area contributed by atoms with Gasteiger partial charge in [0.15, 0.2) is 5.84 Å². The molecule has 0 aliphatic carbocycles. The molecule has 0 spiro atoms. The minimum absolute atomic E-state index is 0.423. The lowest BCUT2D eigenvalue weighted by atomic mass is 10.00. The lowest BCUT2D eigenvalue weighted by Gasteiger charge is -2.24. The van der Waals surface area contributed by atoms with Gasteiger partial charge in [0.2, 0.25) is 0 Å². The summed E-state index contributed by atoms with van der Waals surface area (Å²) >= 11 is 0. The molecule has 0 amide bonds. The van der Waals surface area contributed by atoms with Gasteiger partial charge in [0.05, 0.1) is 0 Å². The van der Waals surface area contributed by atoms with Crippen molar-refractivity contribution in [3.05, 3.63) is 180 Å². The highest BCUT2D eigenvalue weighted by atomic mass is 16.3. The van der Waals surface area contributed by atoms with Crippen LogP contribution in [0, 0.1) is 0 Å². The highest BCUT2D eigenvalue weighted by molar-refractivity contribution is 6.16. The minimum atomic E-state index is -0.423. The van der Waals surface area contributed by atoms with E-state index in [9.17, 15) is 0 Å². The van der Waals surface area contributed by atoms with Crippen molar-refractivity contribution in [2.24, 2.45) is 9.98 Å². The third-order valence-corrected chi connectivity index (χ3v) is 9.55. The fraction of sp³-hybridized carbons (Fsp3) is 0.0222. The van der Waals surface area contributed by atoms with Gasteiger partial charge >= 0.3 is 0 Å². The molecule has 3 heterocycles. The number of benzene rings is 7. The lowest BCUT2D eigenvalue weighted by Crippen LogP contribution is -2.33. The maximum atomic E-state index is 6.50. The molecular weight excluding hydrogens is 615 g/mol. The van der Waals surface area contributed by atoms with Crippen molar-refractivity contribution >= 4 is 55.5 Å². The van der Waals surface area contributed by atoms with E-state index in [1.54, 1.807) is 0 Å². The summed E-state index contributed by atoms with van der Waals surface area (Å²) in [6.45, 7) is 0. The van der Waals surface area contributed by atoms with E-state index in [1.165, 1.54) is 0 Å². The number of amidine groups is 2. The van der Waals surface area contributed by atoms with Crippen LogP contribution in [0.1, 0.15) is 22.9 Å².